The van der Waals surface area contributed by atoms with Gasteiger partial charge in [-0.25, -0.2) is 15.0 Å². The van der Waals surface area contributed by atoms with E-state index in [1.807, 2.05) is 38.2 Å². The number of hydrogen-bond acceptors (Lipinski definition) is 4. The Balaban J connectivity index is 2.18. The van der Waals surface area contributed by atoms with E-state index in [1.165, 1.54) is 6.07 Å². The third-order valence-electron chi connectivity index (χ3n) is 3.06. The number of aromatic nitrogens is 3. The molecule has 0 amide bonds. The quantitative estimate of drug-likeness (QED) is 0.669. The minimum atomic E-state index is -0.510. The van der Waals surface area contributed by atoms with Gasteiger partial charge in [0.05, 0.1) is 5.52 Å². The molecule has 0 aliphatic heterocycles. The van der Waals surface area contributed by atoms with Crippen molar-refractivity contribution < 1.29 is 4.39 Å². The maximum atomic E-state index is 13.3. The lowest BCUT2D eigenvalue weighted by Crippen LogP contribution is -2.14. The fraction of sp³-hybridized carbons (Fsp3) is 0.133. The van der Waals surface area contributed by atoms with Gasteiger partial charge in [-0.05, 0) is 31.2 Å². The van der Waals surface area contributed by atoms with Crippen molar-refractivity contribution in [1.82, 2.24) is 15.0 Å². The predicted octanol–water partition coefficient (Wildman–Crippen LogP) is 3.24. The van der Waals surface area contributed by atoms with Crippen LogP contribution in [0.2, 0.25) is 0 Å². The van der Waals surface area contributed by atoms with Crippen LogP contribution in [0.4, 0.5) is 16.0 Å². The second-order valence-corrected chi connectivity index (χ2v) is 4.49. The SMILES string of the molecule is Cc1nc(N(C)c2cccc(F)n2)c2ccccc2n1. The molecule has 0 saturated carbocycles. The maximum absolute atomic E-state index is 13.3. The van der Waals surface area contributed by atoms with Crippen LogP contribution in [0.15, 0.2) is 42.5 Å². The van der Waals surface area contributed by atoms with Gasteiger partial charge < -0.3 is 4.90 Å². The number of pyridine rings is 1. The summed E-state index contributed by atoms with van der Waals surface area (Å²) >= 11 is 0. The summed E-state index contributed by atoms with van der Waals surface area (Å²) in [5, 5.41) is 0.909. The molecule has 0 fully saturated rings. The molecule has 0 aliphatic carbocycles. The summed E-state index contributed by atoms with van der Waals surface area (Å²) in [6.07, 6.45) is 0. The first-order valence-electron chi connectivity index (χ1n) is 6.25. The average molecular weight is 268 g/mol. The Morgan fingerprint density at radius 3 is 2.55 bits per heavy atom. The van der Waals surface area contributed by atoms with Gasteiger partial charge in [-0.15, -0.1) is 0 Å². The Kier molecular flexibility index (Phi) is 3.02. The van der Waals surface area contributed by atoms with Gasteiger partial charge in [-0.1, -0.05) is 18.2 Å². The van der Waals surface area contributed by atoms with Crippen LogP contribution >= 0.6 is 0 Å². The Labute approximate surface area is 115 Å². The highest BCUT2D eigenvalue weighted by Crippen LogP contribution is 2.27. The van der Waals surface area contributed by atoms with Crippen LogP contribution in [0.5, 0.6) is 0 Å². The van der Waals surface area contributed by atoms with Crippen LogP contribution < -0.4 is 4.90 Å². The molecule has 1 aromatic carbocycles. The summed E-state index contributed by atoms with van der Waals surface area (Å²) in [5.74, 6) is 1.38. The molecule has 0 aliphatic rings. The number of aryl methyl sites for hydroxylation is 1. The Bertz CT molecular complexity index is 773. The lowest BCUT2D eigenvalue weighted by Gasteiger charge is -2.19. The summed E-state index contributed by atoms with van der Waals surface area (Å²) < 4.78 is 13.3. The molecule has 0 radical (unpaired) electrons. The van der Waals surface area contributed by atoms with Gasteiger partial charge in [0.1, 0.15) is 17.5 Å². The molecule has 0 atom stereocenters. The van der Waals surface area contributed by atoms with Crippen molar-refractivity contribution in [3.8, 4) is 0 Å². The zero-order valence-corrected chi connectivity index (χ0v) is 11.2. The fourth-order valence-electron chi connectivity index (χ4n) is 2.12. The Morgan fingerprint density at radius 1 is 0.950 bits per heavy atom. The zero-order chi connectivity index (χ0) is 14.1. The largest absolute Gasteiger partial charge is 0.313 e. The van der Waals surface area contributed by atoms with E-state index in [1.54, 1.807) is 17.0 Å². The van der Waals surface area contributed by atoms with Gasteiger partial charge in [0.2, 0.25) is 5.95 Å². The molecule has 5 heteroatoms. The molecule has 0 N–H and O–H groups in total. The smallest absolute Gasteiger partial charge is 0.214 e. The molecule has 3 rings (SSSR count). The number of halogens is 1. The standard InChI is InChI=1S/C15H13FN4/c1-10-17-12-7-4-3-6-11(12)15(18-10)20(2)14-9-5-8-13(16)19-14/h3-9H,1-2H3. The van der Waals surface area contributed by atoms with Crippen LogP contribution in [0, 0.1) is 12.9 Å². The minimum absolute atomic E-state index is 0.508. The molecule has 20 heavy (non-hydrogen) atoms. The Morgan fingerprint density at radius 2 is 1.75 bits per heavy atom. The molecule has 0 spiro atoms. The molecular formula is C15H13FN4. The fourth-order valence-corrected chi connectivity index (χ4v) is 2.12. The summed E-state index contributed by atoms with van der Waals surface area (Å²) in [5.41, 5.74) is 0.859. The van der Waals surface area contributed by atoms with E-state index in [-0.39, 0.29) is 0 Å². The zero-order valence-electron chi connectivity index (χ0n) is 11.2. The highest BCUT2D eigenvalue weighted by molar-refractivity contribution is 5.91. The predicted molar refractivity (Wildman–Crippen MR) is 76.5 cm³/mol. The van der Waals surface area contributed by atoms with Crippen molar-refractivity contribution in [2.45, 2.75) is 6.92 Å². The molecule has 4 nitrogen and oxygen atoms in total. The minimum Gasteiger partial charge on any atom is -0.313 e. The molecule has 0 bridgehead atoms. The van der Waals surface area contributed by atoms with Crippen LogP contribution in [-0.2, 0) is 0 Å². The van der Waals surface area contributed by atoms with Gasteiger partial charge in [0.15, 0.2) is 0 Å². The number of hydrogen-bond donors (Lipinski definition) is 0. The first-order chi connectivity index (χ1) is 9.65. The third-order valence-corrected chi connectivity index (χ3v) is 3.06. The van der Waals surface area contributed by atoms with Crippen LogP contribution in [0.1, 0.15) is 5.82 Å². The summed E-state index contributed by atoms with van der Waals surface area (Å²) in [6, 6.07) is 12.4. The molecule has 2 heterocycles. The normalized spacial score (nSPS) is 10.8. The number of rotatable bonds is 2. The van der Waals surface area contributed by atoms with Gasteiger partial charge in [-0.2, -0.15) is 4.39 Å². The second-order valence-electron chi connectivity index (χ2n) is 4.49. The maximum Gasteiger partial charge on any atom is 0.214 e. The van der Waals surface area contributed by atoms with Crippen molar-refractivity contribution in [2.75, 3.05) is 11.9 Å². The van der Waals surface area contributed by atoms with Crippen molar-refractivity contribution in [3.05, 3.63) is 54.2 Å². The average Bonchev–Trinajstić information content (AvgIpc) is 2.45. The van der Waals surface area contributed by atoms with E-state index < -0.39 is 5.95 Å². The number of para-hydroxylation sites is 1. The van der Waals surface area contributed by atoms with E-state index in [4.69, 9.17) is 0 Å². The monoisotopic (exact) mass is 268 g/mol. The summed E-state index contributed by atoms with van der Waals surface area (Å²) in [6.45, 7) is 1.84. The summed E-state index contributed by atoms with van der Waals surface area (Å²) in [4.78, 5) is 14.5. The number of benzene rings is 1. The molecular weight excluding hydrogens is 255 g/mol. The van der Waals surface area contributed by atoms with Gasteiger partial charge in [-0.3, -0.25) is 0 Å². The van der Waals surface area contributed by atoms with Gasteiger partial charge in [0.25, 0.3) is 0 Å². The third kappa shape index (κ3) is 2.18. The molecule has 3 aromatic rings. The van der Waals surface area contributed by atoms with Crippen molar-refractivity contribution in [3.63, 3.8) is 0 Å². The molecule has 2 aromatic heterocycles. The highest BCUT2D eigenvalue weighted by atomic mass is 19.1. The highest BCUT2D eigenvalue weighted by Gasteiger charge is 2.12. The Hall–Kier alpha value is -2.56. The van der Waals surface area contributed by atoms with E-state index in [9.17, 15) is 4.39 Å². The van der Waals surface area contributed by atoms with Crippen LogP contribution in [0.25, 0.3) is 10.9 Å². The molecule has 0 unspecified atom stereocenters. The van der Waals surface area contributed by atoms with E-state index in [0.717, 1.165) is 10.9 Å². The lowest BCUT2D eigenvalue weighted by atomic mass is 10.2. The number of fused-ring (bicyclic) bond motifs is 1. The van der Waals surface area contributed by atoms with Crippen molar-refractivity contribution in [1.29, 1.82) is 0 Å². The van der Waals surface area contributed by atoms with E-state index >= 15 is 0 Å². The second kappa shape index (κ2) is 4.85. The molecule has 0 saturated heterocycles. The van der Waals surface area contributed by atoms with Crippen LogP contribution in [-0.4, -0.2) is 22.0 Å². The first-order valence-corrected chi connectivity index (χ1v) is 6.25. The van der Waals surface area contributed by atoms with E-state index in [2.05, 4.69) is 15.0 Å². The first kappa shape index (κ1) is 12.5. The topological polar surface area (TPSA) is 41.9 Å². The summed E-state index contributed by atoms with van der Waals surface area (Å²) in [7, 11) is 1.82. The number of anilines is 2. The van der Waals surface area contributed by atoms with Crippen LogP contribution in [0.3, 0.4) is 0 Å². The molecule has 100 valence electrons. The van der Waals surface area contributed by atoms with Crippen molar-refractivity contribution >= 4 is 22.5 Å². The van der Waals surface area contributed by atoms with Crippen molar-refractivity contribution in [2.24, 2.45) is 0 Å². The van der Waals surface area contributed by atoms with Gasteiger partial charge >= 0.3 is 0 Å². The van der Waals surface area contributed by atoms with Gasteiger partial charge in [0, 0.05) is 12.4 Å². The van der Waals surface area contributed by atoms with E-state index in [0.29, 0.717) is 17.5 Å². The lowest BCUT2D eigenvalue weighted by molar-refractivity contribution is 0.584. The number of nitrogens with zero attached hydrogens (tertiary/aromatic N) is 4.